The Bertz CT molecular complexity index is 965. The summed E-state index contributed by atoms with van der Waals surface area (Å²) in [6.07, 6.45) is 5.96. The number of halogens is 1. The van der Waals surface area contributed by atoms with Crippen LogP contribution in [0.25, 0.3) is 11.1 Å². The Kier molecular flexibility index (Phi) is 4.16. The summed E-state index contributed by atoms with van der Waals surface area (Å²) < 4.78 is 16.1. The van der Waals surface area contributed by atoms with Gasteiger partial charge in [0.2, 0.25) is 0 Å². The summed E-state index contributed by atoms with van der Waals surface area (Å²) >= 11 is 0. The molecule has 0 saturated carbocycles. The molecule has 1 aromatic carbocycles. The maximum atomic E-state index is 14.2. The zero-order chi connectivity index (χ0) is 18.1. The van der Waals surface area contributed by atoms with Crippen molar-refractivity contribution in [2.75, 3.05) is 11.9 Å². The van der Waals surface area contributed by atoms with Gasteiger partial charge in [-0.1, -0.05) is 13.0 Å². The minimum Gasteiger partial charge on any atom is -0.353 e. The van der Waals surface area contributed by atoms with Crippen LogP contribution in [-0.4, -0.2) is 22.0 Å². The average molecular weight is 350 g/mol. The molecule has 6 heteroatoms. The summed E-state index contributed by atoms with van der Waals surface area (Å²) in [5, 5.41) is 6.21. The van der Waals surface area contributed by atoms with E-state index in [4.69, 9.17) is 0 Å². The second-order valence-corrected chi connectivity index (χ2v) is 6.20. The normalized spacial score (nSPS) is 13.2. The lowest BCUT2D eigenvalue weighted by Gasteiger charge is -2.19. The standard InChI is InChI=1S/C20H19FN4O/c1-2-14-16(21)4-3-5-17(14)24-18-15(13-6-8-22-9-7-13)12-25-11-10-23-20(26)19(18)25/h3-9,12,24H,2,10-11H2,1H3,(H,23,26). The number of carbonyl (C=O) groups excluding carboxylic acids is 1. The zero-order valence-electron chi connectivity index (χ0n) is 14.4. The fourth-order valence-electron chi connectivity index (χ4n) is 3.40. The molecule has 2 N–H and O–H groups in total. The van der Waals surface area contributed by atoms with Gasteiger partial charge in [0.15, 0.2) is 0 Å². The Balaban J connectivity index is 1.88. The lowest BCUT2D eigenvalue weighted by Crippen LogP contribution is -2.35. The third-order valence-electron chi connectivity index (χ3n) is 4.66. The van der Waals surface area contributed by atoms with Crippen LogP contribution in [0.1, 0.15) is 23.0 Å². The number of aromatic nitrogens is 2. The third kappa shape index (κ3) is 2.73. The van der Waals surface area contributed by atoms with Gasteiger partial charge >= 0.3 is 0 Å². The largest absolute Gasteiger partial charge is 0.353 e. The number of rotatable bonds is 4. The number of carbonyl (C=O) groups is 1. The Morgan fingerprint density at radius 3 is 2.85 bits per heavy atom. The first-order valence-corrected chi connectivity index (χ1v) is 8.65. The molecule has 0 aliphatic carbocycles. The molecule has 2 aromatic heterocycles. The molecule has 3 heterocycles. The number of hydrogen-bond acceptors (Lipinski definition) is 3. The van der Waals surface area contributed by atoms with Crippen molar-refractivity contribution in [3.05, 3.63) is 66.0 Å². The molecular weight excluding hydrogens is 331 g/mol. The number of pyridine rings is 1. The van der Waals surface area contributed by atoms with E-state index in [2.05, 4.69) is 15.6 Å². The molecular formula is C20H19FN4O. The monoisotopic (exact) mass is 350 g/mol. The number of hydrogen-bond donors (Lipinski definition) is 2. The van der Waals surface area contributed by atoms with Gasteiger partial charge < -0.3 is 15.2 Å². The van der Waals surface area contributed by atoms with Crippen molar-refractivity contribution >= 4 is 17.3 Å². The summed E-state index contributed by atoms with van der Waals surface area (Å²) in [7, 11) is 0. The highest BCUT2D eigenvalue weighted by Gasteiger charge is 2.26. The van der Waals surface area contributed by atoms with Crippen molar-refractivity contribution in [2.45, 2.75) is 19.9 Å². The van der Waals surface area contributed by atoms with Gasteiger partial charge in [-0.15, -0.1) is 0 Å². The van der Waals surface area contributed by atoms with Gasteiger partial charge in [-0.3, -0.25) is 9.78 Å². The van der Waals surface area contributed by atoms with Crippen LogP contribution < -0.4 is 10.6 Å². The number of nitrogens with one attached hydrogen (secondary N) is 2. The molecule has 26 heavy (non-hydrogen) atoms. The van der Waals surface area contributed by atoms with Crippen LogP contribution in [0.5, 0.6) is 0 Å². The lowest BCUT2D eigenvalue weighted by atomic mass is 10.1. The van der Waals surface area contributed by atoms with Crippen molar-refractivity contribution in [3.63, 3.8) is 0 Å². The van der Waals surface area contributed by atoms with Crippen molar-refractivity contribution in [2.24, 2.45) is 0 Å². The van der Waals surface area contributed by atoms with Gasteiger partial charge in [0.05, 0.1) is 5.69 Å². The van der Waals surface area contributed by atoms with Crippen LogP contribution in [0.4, 0.5) is 15.8 Å². The highest BCUT2D eigenvalue weighted by Crippen LogP contribution is 2.37. The third-order valence-corrected chi connectivity index (χ3v) is 4.66. The molecule has 1 aliphatic heterocycles. The maximum absolute atomic E-state index is 14.2. The Hall–Kier alpha value is -3.15. The van der Waals surface area contributed by atoms with E-state index >= 15 is 0 Å². The van der Waals surface area contributed by atoms with E-state index in [0.717, 1.165) is 11.1 Å². The van der Waals surface area contributed by atoms with Gasteiger partial charge in [0.1, 0.15) is 11.5 Å². The number of benzene rings is 1. The average Bonchev–Trinajstić information content (AvgIpc) is 3.02. The minimum atomic E-state index is -0.250. The summed E-state index contributed by atoms with van der Waals surface area (Å²) in [5.41, 5.74) is 4.38. The summed E-state index contributed by atoms with van der Waals surface area (Å²) in [6, 6.07) is 8.76. The number of anilines is 2. The maximum Gasteiger partial charge on any atom is 0.270 e. The predicted octanol–water partition coefficient (Wildman–Crippen LogP) is 3.74. The molecule has 0 atom stereocenters. The molecule has 0 spiro atoms. The van der Waals surface area contributed by atoms with Crippen LogP contribution >= 0.6 is 0 Å². The first-order chi connectivity index (χ1) is 12.7. The van der Waals surface area contributed by atoms with Crippen LogP contribution in [0.3, 0.4) is 0 Å². The minimum absolute atomic E-state index is 0.131. The highest BCUT2D eigenvalue weighted by molar-refractivity contribution is 6.04. The van der Waals surface area contributed by atoms with Crippen molar-refractivity contribution in [1.82, 2.24) is 14.9 Å². The topological polar surface area (TPSA) is 59.0 Å². The molecule has 0 saturated heterocycles. The molecule has 5 nitrogen and oxygen atoms in total. The molecule has 0 radical (unpaired) electrons. The molecule has 1 amide bonds. The first kappa shape index (κ1) is 16.3. The van der Waals surface area contributed by atoms with Crippen molar-refractivity contribution < 1.29 is 9.18 Å². The second-order valence-electron chi connectivity index (χ2n) is 6.20. The van der Waals surface area contributed by atoms with E-state index in [1.165, 1.54) is 6.07 Å². The van der Waals surface area contributed by atoms with Crippen LogP contribution in [0.15, 0.2) is 48.9 Å². The zero-order valence-corrected chi connectivity index (χ0v) is 14.4. The van der Waals surface area contributed by atoms with Gasteiger partial charge in [-0.05, 0) is 36.2 Å². The van der Waals surface area contributed by atoms with Crippen molar-refractivity contribution in [3.8, 4) is 11.1 Å². The number of amides is 1. The molecule has 3 aromatic rings. The quantitative estimate of drug-likeness (QED) is 0.754. The smallest absolute Gasteiger partial charge is 0.270 e. The van der Waals surface area contributed by atoms with Crippen molar-refractivity contribution in [1.29, 1.82) is 0 Å². The van der Waals surface area contributed by atoms with Crippen LogP contribution in [-0.2, 0) is 13.0 Å². The van der Waals surface area contributed by atoms with E-state index in [9.17, 15) is 9.18 Å². The Morgan fingerprint density at radius 2 is 2.08 bits per heavy atom. The molecule has 0 unspecified atom stereocenters. The fraction of sp³-hybridized carbons (Fsp3) is 0.200. The van der Waals surface area contributed by atoms with E-state index < -0.39 is 0 Å². The molecule has 4 rings (SSSR count). The lowest BCUT2D eigenvalue weighted by molar-refractivity contribution is 0.0929. The Morgan fingerprint density at radius 1 is 1.27 bits per heavy atom. The van der Waals surface area contributed by atoms with E-state index in [1.54, 1.807) is 18.5 Å². The fourth-order valence-corrected chi connectivity index (χ4v) is 3.40. The van der Waals surface area contributed by atoms with E-state index in [1.807, 2.05) is 35.9 Å². The van der Waals surface area contributed by atoms with Gasteiger partial charge in [0, 0.05) is 48.5 Å². The molecule has 1 aliphatic rings. The first-order valence-electron chi connectivity index (χ1n) is 8.65. The van der Waals surface area contributed by atoms with Crippen LogP contribution in [0.2, 0.25) is 0 Å². The van der Waals surface area contributed by atoms with Gasteiger partial charge in [0.25, 0.3) is 5.91 Å². The SMILES string of the molecule is CCc1c(F)cccc1Nc1c(-c2ccncc2)cn2c1C(=O)NCC2. The Labute approximate surface area is 150 Å². The second kappa shape index (κ2) is 6.63. The molecule has 132 valence electrons. The predicted molar refractivity (Wildman–Crippen MR) is 99.1 cm³/mol. The number of nitrogens with zero attached hydrogens (tertiary/aromatic N) is 2. The highest BCUT2D eigenvalue weighted by atomic mass is 19.1. The summed E-state index contributed by atoms with van der Waals surface area (Å²) in [4.78, 5) is 16.6. The van der Waals surface area contributed by atoms with E-state index in [0.29, 0.717) is 42.1 Å². The summed E-state index contributed by atoms with van der Waals surface area (Å²) in [5.74, 6) is -0.381. The number of fused-ring (bicyclic) bond motifs is 1. The molecule has 0 bridgehead atoms. The molecule has 0 fully saturated rings. The van der Waals surface area contributed by atoms with Crippen LogP contribution in [0, 0.1) is 5.82 Å². The van der Waals surface area contributed by atoms with E-state index in [-0.39, 0.29) is 11.7 Å². The van der Waals surface area contributed by atoms with Gasteiger partial charge in [-0.25, -0.2) is 4.39 Å². The van der Waals surface area contributed by atoms with Gasteiger partial charge in [-0.2, -0.15) is 0 Å². The summed E-state index contributed by atoms with van der Waals surface area (Å²) in [6.45, 7) is 3.20.